The van der Waals surface area contributed by atoms with Gasteiger partial charge < -0.3 is 5.73 Å². The highest BCUT2D eigenvalue weighted by atomic mass is 32.2. The molecule has 0 aliphatic heterocycles. The Labute approximate surface area is 121 Å². The molecule has 0 unspecified atom stereocenters. The van der Waals surface area contributed by atoms with Crippen LogP contribution in [-0.2, 0) is 16.6 Å². The van der Waals surface area contributed by atoms with Crippen LogP contribution in [0.4, 0.5) is 0 Å². The molecule has 1 aromatic heterocycles. The summed E-state index contributed by atoms with van der Waals surface area (Å²) in [5.74, 6) is -0.630. The van der Waals surface area contributed by atoms with Crippen molar-refractivity contribution in [2.45, 2.75) is 18.4 Å². The third-order valence-electron chi connectivity index (χ3n) is 2.68. The van der Waals surface area contributed by atoms with Gasteiger partial charge in [0, 0.05) is 11.9 Å². The molecule has 0 aliphatic rings. The third kappa shape index (κ3) is 3.44. The number of thiophene rings is 1. The highest BCUT2D eigenvalue weighted by molar-refractivity contribution is 7.89. The predicted molar refractivity (Wildman–Crippen MR) is 78.0 cm³/mol. The standard InChI is InChI=1S/C13H14N2O3S2/c1-9-3-2-4-10(5-9)7-15-20(17,18)11-6-12(13(14)16)19-8-11/h2-6,8,15H,7H2,1H3,(H2,14,16). The Hall–Kier alpha value is -1.70. The normalized spacial score (nSPS) is 11.4. The minimum atomic E-state index is -3.63. The van der Waals surface area contributed by atoms with E-state index in [2.05, 4.69) is 4.72 Å². The van der Waals surface area contributed by atoms with E-state index in [4.69, 9.17) is 5.73 Å². The zero-order valence-electron chi connectivity index (χ0n) is 10.8. The Morgan fingerprint density at radius 1 is 1.35 bits per heavy atom. The number of nitrogens with one attached hydrogen (secondary N) is 1. The van der Waals surface area contributed by atoms with Crippen molar-refractivity contribution in [3.63, 3.8) is 0 Å². The molecule has 0 saturated carbocycles. The minimum Gasteiger partial charge on any atom is -0.365 e. The number of carbonyl (C=O) groups is 1. The lowest BCUT2D eigenvalue weighted by atomic mass is 10.1. The summed E-state index contributed by atoms with van der Waals surface area (Å²) in [6.07, 6.45) is 0. The number of carbonyl (C=O) groups excluding carboxylic acids is 1. The molecule has 5 nitrogen and oxygen atoms in total. The van der Waals surface area contributed by atoms with Crippen LogP contribution in [-0.4, -0.2) is 14.3 Å². The second-order valence-corrected chi connectivity index (χ2v) is 7.00. The van der Waals surface area contributed by atoms with E-state index in [-0.39, 0.29) is 16.3 Å². The van der Waals surface area contributed by atoms with Gasteiger partial charge in [0.1, 0.15) is 0 Å². The van der Waals surface area contributed by atoms with Crippen LogP contribution in [0.5, 0.6) is 0 Å². The number of hydrogen-bond donors (Lipinski definition) is 2. The van der Waals surface area contributed by atoms with Gasteiger partial charge in [-0.15, -0.1) is 11.3 Å². The monoisotopic (exact) mass is 310 g/mol. The van der Waals surface area contributed by atoms with Gasteiger partial charge in [0.15, 0.2) is 0 Å². The molecule has 0 bridgehead atoms. The summed E-state index contributed by atoms with van der Waals surface area (Å²) in [4.78, 5) is 11.3. The number of nitrogens with two attached hydrogens (primary N) is 1. The van der Waals surface area contributed by atoms with Crippen molar-refractivity contribution in [3.05, 3.63) is 51.7 Å². The number of rotatable bonds is 5. The van der Waals surface area contributed by atoms with E-state index in [1.165, 1.54) is 11.4 Å². The van der Waals surface area contributed by atoms with Crippen molar-refractivity contribution < 1.29 is 13.2 Å². The average molecular weight is 310 g/mol. The third-order valence-corrected chi connectivity index (χ3v) is 5.15. The molecule has 0 aliphatic carbocycles. The first-order chi connectivity index (χ1) is 9.38. The van der Waals surface area contributed by atoms with Crippen molar-refractivity contribution in [3.8, 4) is 0 Å². The molecule has 2 rings (SSSR count). The first-order valence-corrected chi connectivity index (χ1v) is 8.18. The summed E-state index contributed by atoms with van der Waals surface area (Å²) in [5.41, 5.74) is 7.05. The van der Waals surface area contributed by atoms with Crippen LogP contribution in [0.15, 0.2) is 40.6 Å². The molecule has 0 fully saturated rings. The Morgan fingerprint density at radius 2 is 2.10 bits per heavy atom. The maximum Gasteiger partial charge on any atom is 0.258 e. The SMILES string of the molecule is Cc1cccc(CNS(=O)(=O)c2csc(C(N)=O)c2)c1. The van der Waals surface area contributed by atoms with Gasteiger partial charge in [0.05, 0.1) is 9.77 Å². The van der Waals surface area contributed by atoms with Crippen molar-refractivity contribution in [1.82, 2.24) is 4.72 Å². The number of amides is 1. The molecular formula is C13H14N2O3S2. The molecule has 0 saturated heterocycles. The highest BCUT2D eigenvalue weighted by Crippen LogP contribution is 2.19. The second-order valence-electron chi connectivity index (χ2n) is 4.32. The van der Waals surface area contributed by atoms with Gasteiger partial charge in [-0.1, -0.05) is 29.8 Å². The highest BCUT2D eigenvalue weighted by Gasteiger charge is 2.17. The maximum atomic E-state index is 12.1. The van der Waals surface area contributed by atoms with Crippen LogP contribution in [0, 0.1) is 6.92 Å². The lowest BCUT2D eigenvalue weighted by Crippen LogP contribution is -2.22. The lowest BCUT2D eigenvalue weighted by molar-refractivity contribution is 0.100. The molecule has 1 heterocycles. The van der Waals surface area contributed by atoms with Gasteiger partial charge in [-0.3, -0.25) is 4.79 Å². The first-order valence-electron chi connectivity index (χ1n) is 5.82. The van der Waals surface area contributed by atoms with Crippen LogP contribution in [0.25, 0.3) is 0 Å². The molecule has 0 spiro atoms. The summed E-state index contributed by atoms with van der Waals surface area (Å²) in [5, 5.41) is 1.40. The fourth-order valence-corrected chi connectivity index (χ4v) is 3.82. The Bertz CT molecular complexity index is 736. The van der Waals surface area contributed by atoms with Gasteiger partial charge in [0.25, 0.3) is 5.91 Å². The van der Waals surface area contributed by atoms with Crippen molar-refractivity contribution in [1.29, 1.82) is 0 Å². The summed E-state index contributed by atoms with van der Waals surface area (Å²) < 4.78 is 26.6. The Morgan fingerprint density at radius 3 is 2.70 bits per heavy atom. The largest absolute Gasteiger partial charge is 0.365 e. The maximum absolute atomic E-state index is 12.1. The number of primary amides is 1. The topological polar surface area (TPSA) is 89.3 Å². The predicted octanol–water partition coefficient (Wildman–Crippen LogP) is 1.63. The average Bonchev–Trinajstić information content (AvgIpc) is 2.87. The summed E-state index contributed by atoms with van der Waals surface area (Å²) >= 11 is 1.01. The van der Waals surface area contributed by atoms with E-state index in [0.29, 0.717) is 0 Å². The van der Waals surface area contributed by atoms with Crippen molar-refractivity contribution in [2.75, 3.05) is 0 Å². The zero-order valence-corrected chi connectivity index (χ0v) is 12.4. The number of hydrogen-bond acceptors (Lipinski definition) is 4. The summed E-state index contributed by atoms with van der Waals surface area (Å²) in [6.45, 7) is 2.14. The molecule has 1 aromatic carbocycles. The minimum absolute atomic E-state index is 0.0592. The van der Waals surface area contributed by atoms with Crippen LogP contribution in [0.1, 0.15) is 20.8 Å². The number of aryl methyl sites for hydroxylation is 1. The van der Waals surface area contributed by atoms with E-state index in [0.717, 1.165) is 22.5 Å². The molecule has 2 aromatic rings. The summed E-state index contributed by atoms with van der Waals surface area (Å²) in [6, 6.07) is 8.85. The van der Waals surface area contributed by atoms with Gasteiger partial charge in [-0.2, -0.15) is 0 Å². The van der Waals surface area contributed by atoms with Crippen molar-refractivity contribution >= 4 is 27.3 Å². The Kier molecular flexibility index (Phi) is 4.22. The van der Waals surface area contributed by atoms with E-state index in [9.17, 15) is 13.2 Å². The number of sulfonamides is 1. The van der Waals surface area contributed by atoms with E-state index in [1.807, 2.05) is 31.2 Å². The Balaban J connectivity index is 2.12. The van der Waals surface area contributed by atoms with Gasteiger partial charge in [-0.05, 0) is 18.6 Å². The van der Waals surface area contributed by atoms with Gasteiger partial charge in [-0.25, -0.2) is 13.1 Å². The zero-order chi connectivity index (χ0) is 14.8. The quantitative estimate of drug-likeness (QED) is 0.879. The smallest absolute Gasteiger partial charge is 0.258 e. The molecule has 3 N–H and O–H groups in total. The van der Waals surface area contributed by atoms with Gasteiger partial charge in [0.2, 0.25) is 10.0 Å². The molecule has 0 atom stereocenters. The molecule has 0 radical (unpaired) electrons. The van der Waals surface area contributed by atoms with Crippen LogP contribution < -0.4 is 10.5 Å². The van der Waals surface area contributed by atoms with E-state index in [1.54, 1.807) is 0 Å². The molecule has 106 valence electrons. The van der Waals surface area contributed by atoms with Crippen LogP contribution >= 0.6 is 11.3 Å². The van der Waals surface area contributed by atoms with Crippen LogP contribution in [0.2, 0.25) is 0 Å². The fourth-order valence-electron chi connectivity index (χ4n) is 1.67. The molecule has 1 amide bonds. The van der Waals surface area contributed by atoms with Crippen LogP contribution in [0.3, 0.4) is 0 Å². The van der Waals surface area contributed by atoms with Gasteiger partial charge >= 0.3 is 0 Å². The number of benzene rings is 1. The lowest BCUT2D eigenvalue weighted by Gasteiger charge is -2.05. The summed E-state index contributed by atoms with van der Waals surface area (Å²) in [7, 11) is -3.63. The molecule has 7 heteroatoms. The molecular weight excluding hydrogens is 296 g/mol. The second kappa shape index (κ2) is 5.74. The molecule has 20 heavy (non-hydrogen) atoms. The van der Waals surface area contributed by atoms with E-state index < -0.39 is 15.9 Å². The fraction of sp³-hybridized carbons (Fsp3) is 0.154. The first kappa shape index (κ1) is 14.7. The van der Waals surface area contributed by atoms with Crippen molar-refractivity contribution in [2.24, 2.45) is 5.73 Å². The van der Waals surface area contributed by atoms with E-state index >= 15 is 0 Å².